The monoisotopic (exact) mass is 396 g/mol. The number of nitrogens with zero attached hydrogens (tertiary/aromatic N) is 5. The zero-order valence-corrected chi connectivity index (χ0v) is 16.2. The van der Waals surface area contributed by atoms with Gasteiger partial charge in [0.2, 0.25) is 5.95 Å². The van der Waals surface area contributed by atoms with E-state index in [-0.39, 0.29) is 6.61 Å². The first-order valence-electron chi connectivity index (χ1n) is 9.96. The molecule has 4 heterocycles. The molecule has 9 nitrogen and oxygen atoms in total. The number of fused-ring (bicyclic) bond motifs is 1. The summed E-state index contributed by atoms with van der Waals surface area (Å²) in [6, 6.07) is 7.70. The summed E-state index contributed by atoms with van der Waals surface area (Å²) in [4.78, 5) is 22.2. The van der Waals surface area contributed by atoms with Gasteiger partial charge in [0.25, 0.3) is 0 Å². The molecule has 2 saturated heterocycles. The Balaban J connectivity index is 1.63. The lowest BCUT2D eigenvalue weighted by molar-refractivity contribution is 0.121. The third-order valence-electron chi connectivity index (χ3n) is 5.37. The molecule has 0 unspecified atom stereocenters. The molecule has 9 heteroatoms. The fourth-order valence-corrected chi connectivity index (χ4v) is 3.80. The average Bonchev–Trinajstić information content (AvgIpc) is 3.23. The summed E-state index contributed by atoms with van der Waals surface area (Å²) in [7, 11) is 0. The maximum atomic E-state index is 9.72. The van der Waals surface area contributed by atoms with Gasteiger partial charge >= 0.3 is 0 Å². The summed E-state index contributed by atoms with van der Waals surface area (Å²) >= 11 is 0. The normalized spacial score (nSPS) is 17.8. The van der Waals surface area contributed by atoms with E-state index >= 15 is 0 Å². The summed E-state index contributed by atoms with van der Waals surface area (Å²) < 4.78 is 11.0. The van der Waals surface area contributed by atoms with Gasteiger partial charge < -0.3 is 29.4 Å². The molecule has 2 aliphatic heterocycles. The quantitative estimate of drug-likeness (QED) is 0.678. The van der Waals surface area contributed by atoms with Gasteiger partial charge in [0, 0.05) is 31.7 Å². The molecular weight excluding hydrogens is 372 g/mol. The van der Waals surface area contributed by atoms with Crippen molar-refractivity contribution in [3.05, 3.63) is 29.8 Å². The molecule has 0 amide bonds. The van der Waals surface area contributed by atoms with Crippen molar-refractivity contribution in [1.82, 2.24) is 19.9 Å². The maximum absolute atomic E-state index is 9.72. The first-order chi connectivity index (χ1) is 14.3. The number of rotatable bonds is 4. The lowest BCUT2D eigenvalue weighted by Crippen LogP contribution is -2.39. The zero-order chi connectivity index (χ0) is 19.6. The highest BCUT2D eigenvalue weighted by Gasteiger charge is 2.23. The van der Waals surface area contributed by atoms with E-state index in [4.69, 9.17) is 24.4 Å². The number of aromatic nitrogens is 4. The maximum Gasteiger partial charge on any atom is 0.229 e. The molecule has 2 aliphatic rings. The van der Waals surface area contributed by atoms with Crippen LogP contribution in [0.2, 0.25) is 0 Å². The van der Waals surface area contributed by atoms with Crippen LogP contribution < -0.4 is 9.80 Å². The molecule has 0 saturated carbocycles. The van der Waals surface area contributed by atoms with E-state index < -0.39 is 0 Å². The molecule has 1 aromatic carbocycles. The van der Waals surface area contributed by atoms with Gasteiger partial charge in [-0.15, -0.1) is 0 Å². The molecule has 0 radical (unpaired) electrons. The number of nitrogens with one attached hydrogen (secondary N) is 1. The van der Waals surface area contributed by atoms with Gasteiger partial charge in [-0.2, -0.15) is 9.97 Å². The van der Waals surface area contributed by atoms with Crippen LogP contribution in [0.4, 0.5) is 11.8 Å². The number of benzene rings is 1. The third kappa shape index (κ3) is 3.52. The molecule has 2 aromatic heterocycles. The smallest absolute Gasteiger partial charge is 0.229 e. The van der Waals surface area contributed by atoms with E-state index in [0.717, 1.165) is 48.6 Å². The fourth-order valence-electron chi connectivity index (χ4n) is 3.80. The van der Waals surface area contributed by atoms with Crippen LogP contribution >= 0.6 is 0 Å². The minimum atomic E-state index is -0.0474. The van der Waals surface area contributed by atoms with Gasteiger partial charge in [0.05, 0.1) is 33.0 Å². The van der Waals surface area contributed by atoms with E-state index in [1.54, 1.807) is 0 Å². The van der Waals surface area contributed by atoms with Crippen LogP contribution in [0.5, 0.6) is 0 Å². The molecule has 2 N–H and O–H groups in total. The zero-order valence-electron chi connectivity index (χ0n) is 16.2. The number of aromatic amines is 1. The molecule has 0 bridgehead atoms. The Hall–Kier alpha value is -2.75. The Morgan fingerprint density at radius 3 is 2.31 bits per heavy atom. The van der Waals surface area contributed by atoms with E-state index in [0.29, 0.717) is 43.8 Å². The minimum absolute atomic E-state index is 0.0474. The Morgan fingerprint density at radius 1 is 0.897 bits per heavy atom. The van der Waals surface area contributed by atoms with Crippen molar-refractivity contribution in [3.63, 3.8) is 0 Å². The number of H-pyrrole nitrogens is 1. The topological polar surface area (TPSA) is 99.6 Å². The fraction of sp³-hybridized carbons (Fsp3) is 0.450. The molecule has 29 heavy (non-hydrogen) atoms. The van der Waals surface area contributed by atoms with Crippen molar-refractivity contribution in [3.8, 4) is 11.4 Å². The van der Waals surface area contributed by atoms with Crippen molar-refractivity contribution < 1.29 is 14.6 Å². The van der Waals surface area contributed by atoms with E-state index in [9.17, 15) is 5.11 Å². The molecule has 2 fully saturated rings. The largest absolute Gasteiger partial charge is 0.392 e. The number of hydrogen-bond acceptors (Lipinski definition) is 8. The number of morpholine rings is 2. The number of hydrogen-bond donors (Lipinski definition) is 2. The van der Waals surface area contributed by atoms with Crippen LogP contribution in [0.3, 0.4) is 0 Å². The van der Waals surface area contributed by atoms with E-state index in [2.05, 4.69) is 14.8 Å². The molecule has 152 valence electrons. The predicted molar refractivity (Wildman–Crippen MR) is 109 cm³/mol. The van der Waals surface area contributed by atoms with Gasteiger partial charge in [0.1, 0.15) is 11.3 Å². The van der Waals surface area contributed by atoms with Gasteiger partial charge in [0.15, 0.2) is 11.5 Å². The first-order valence-corrected chi connectivity index (χ1v) is 9.96. The van der Waals surface area contributed by atoms with Crippen molar-refractivity contribution in [1.29, 1.82) is 0 Å². The Bertz CT molecular complexity index is 995. The second-order valence-electron chi connectivity index (χ2n) is 7.15. The van der Waals surface area contributed by atoms with Crippen LogP contribution in [0.1, 0.15) is 5.56 Å². The summed E-state index contributed by atoms with van der Waals surface area (Å²) in [6.45, 7) is 5.71. The molecular formula is C20H24N6O3. The number of anilines is 2. The Kier molecular flexibility index (Phi) is 5.01. The molecule has 5 rings (SSSR count). The average molecular weight is 396 g/mol. The second-order valence-corrected chi connectivity index (χ2v) is 7.15. The van der Waals surface area contributed by atoms with Gasteiger partial charge in [-0.25, -0.2) is 4.98 Å². The van der Waals surface area contributed by atoms with Gasteiger partial charge in [-0.1, -0.05) is 24.3 Å². The lowest BCUT2D eigenvalue weighted by atomic mass is 10.1. The highest BCUT2D eigenvalue weighted by Crippen LogP contribution is 2.30. The Morgan fingerprint density at radius 2 is 1.59 bits per heavy atom. The lowest BCUT2D eigenvalue weighted by Gasteiger charge is -2.30. The third-order valence-corrected chi connectivity index (χ3v) is 5.37. The summed E-state index contributed by atoms with van der Waals surface area (Å²) in [5.74, 6) is 2.21. The Labute approximate surface area is 168 Å². The standard InChI is InChI=1S/C20H24N6O3/c27-13-14-3-1-2-4-15(14)17-21-16-18(22-17)23-20(26-7-11-29-12-8-26)24-19(16)25-5-9-28-10-6-25/h1-4,27H,5-13H2,(H,21,22,23,24). The highest BCUT2D eigenvalue weighted by molar-refractivity contribution is 5.87. The summed E-state index contributed by atoms with van der Waals surface area (Å²) in [6.07, 6.45) is 0. The predicted octanol–water partition coefficient (Wildman–Crippen LogP) is 1.19. The first kappa shape index (κ1) is 18.3. The SMILES string of the molecule is OCc1ccccc1-c1nc2nc(N3CCOCC3)nc(N3CCOCC3)c2[nH]1. The number of aliphatic hydroxyl groups is 1. The van der Waals surface area contributed by atoms with E-state index in [1.807, 2.05) is 24.3 Å². The van der Waals surface area contributed by atoms with Gasteiger partial charge in [-0.3, -0.25) is 0 Å². The molecule has 0 aliphatic carbocycles. The molecule has 3 aromatic rings. The van der Waals surface area contributed by atoms with Gasteiger partial charge in [-0.05, 0) is 5.56 Å². The van der Waals surface area contributed by atoms with Crippen LogP contribution in [0.25, 0.3) is 22.6 Å². The van der Waals surface area contributed by atoms with Crippen LogP contribution in [0.15, 0.2) is 24.3 Å². The van der Waals surface area contributed by atoms with E-state index in [1.165, 1.54) is 0 Å². The second kappa shape index (κ2) is 7.94. The van der Waals surface area contributed by atoms with Crippen LogP contribution in [-0.4, -0.2) is 77.6 Å². The molecule has 0 atom stereocenters. The minimum Gasteiger partial charge on any atom is -0.392 e. The number of aliphatic hydroxyl groups excluding tert-OH is 1. The van der Waals surface area contributed by atoms with Crippen molar-refractivity contribution >= 4 is 22.9 Å². The number of ether oxygens (including phenoxy) is 2. The van der Waals surface area contributed by atoms with Crippen molar-refractivity contribution in [2.24, 2.45) is 0 Å². The van der Waals surface area contributed by atoms with Crippen LogP contribution in [0, 0.1) is 0 Å². The summed E-state index contributed by atoms with van der Waals surface area (Å²) in [5.41, 5.74) is 3.13. The molecule has 0 spiro atoms. The van der Waals surface area contributed by atoms with Crippen molar-refractivity contribution in [2.45, 2.75) is 6.61 Å². The van der Waals surface area contributed by atoms with Crippen molar-refractivity contribution in [2.75, 3.05) is 62.4 Å². The van der Waals surface area contributed by atoms with Crippen LogP contribution in [-0.2, 0) is 16.1 Å². The summed E-state index contributed by atoms with van der Waals surface area (Å²) in [5, 5.41) is 9.72. The number of imidazole rings is 1. The highest BCUT2D eigenvalue weighted by atomic mass is 16.5.